The molecule has 0 bridgehead atoms. The largest absolute Gasteiger partial charge is 0.310 e. The molecule has 0 aliphatic heterocycles. The van der Waals surface area contributed by atoms with Gasteiger partial charge in [-0.25, -0.2) is 0 Å². The monoisotopic (exact) mass is 242 g/mol. The van der Waals surface area contributed by atoms with Crippen LogP contribution in [0.5, 0.6) is 0 Å². The number of hydrogen-bond acceptors (Lipinski definition) is 2. The molecule has 1 aliphatic carbocycles. The normalized spacial score (nSPS) is 18.2. The molecule has 1 saturated carbocycles. The highest BCUT2D eigenvalue weighted by Gasteiger charge is 2.19. The van der Waals surface area contributed by atoms with E-state index in [1.807, 2.05) is 24.3 Å². The Morgan fingerprint density at radius 2 is 1.89 bits per heavy atom. The summed E-state index contributed by atoms with van der Waals surface area (Å²) in [5, 5.41) is 12.4. The topological polar surface area (TPSA) is 35.8 Å². The smallest absolute Gasteiger partial charge is 0.0991 e. The van der Waals surface area contributed by atoms with Crippen molar-refractivity contribution in [2.24, 2.45) is 5.92 Å². The lowest BCUT2D eigenvalue weighted by molar-refractivity contribution is 0.280. The fraction of sp³-hybridized carbons (Fsp3) is 0.562. The van der Waals surface area contributed by atoms with Crippen LogP contribution in [0.2, 0.25) is 0 Å². The van der Waals surface area contributed by atoms with E-state index in [1.54, 1.807) is 0 Å². The number of hydrogen-bond donors (Lipinski definition) is 1. The standard InChI is InChI=1S/C16H22N2/c1-13(16-5-3-2-4-6-16)18-12-15-9-7-14(11-17)8-10-15/h7-10,13,16,18H,2-6,12H2,1H3/t13-/m1/s1. The van der Waals surface area contributed by atoms with Crippen molar-refractivity contribution in [1.82, 2.24) is 5.32 Å². The van der Waals surface area contributed by atoms with E-state index in [0.717, 1.165) is 18.0 Å². The molecular formula is C16H22N2. The highest BCUT2D eigenvalue weighted by Crippen LogP contribution is 2.26. The molecule has 1 N–H and O–H groups in total. The quantitative estimate of drug-likeness (QED) is 0.875. The fourth-order valence-electron chi connectivity index (χ4n) is 2.78. The number of benzene rings is 1. The number of rotatable bonds is 4. The second kappa shape index (κ2) is 6.56. The summed E-state index contributed by atoms with van der Waals surface area (Å²) in [5.41, 5.74) is 2.00. The minimum Gasteiger partial charge on any atom is -0.310 e. The Kier molecular flexibility index (Phi) is 4.78. The maximum atomic E-state index is 8.75. The van der Waals surface area contributed by atoms with Crippen LogP contribution in [-0.2, 0) is 6.54 Å². The van der Waals surface area contributed by atoms with Gasteiger partial charge >= 0.3 is 0 Å². The Labute approximate surface area is 110 Å². The van der Waals surface area contributed by atoms with E-state index in [0.29, 0.717) is 6.04 Å². The summed E-state index contributed by atoms with van der Waals surface area (Å²) in [6, 6.07) is 10.6. The van der Waals surface area contributed by atoms with E-state index in [1.165, 1.54) is 37.7 Å². The molecular weight excluding hydrogens is 220 g/mol. The fourth-order valence-corrected chi connectivity index (χ4v) is 2.78. The van der Waals surface area contributed by atoms with Crippen LogP contribution in [0.25, 0.3) is 0 Å². The number of nitriles is 1. The first-order valence-corrected chi connectivity index (χ1v) is 7.02. The lowest BCUT2D eigenvalue weighted by Gasteiger charge is -2.28. The van der Waals surface area contributed by atoms with Crippen LogP contribution in [-0.4, -0.2) is 6.04 Å². The van der Waals surface area contributed by atoms with Crippen LogP contribution in [0.15, 0.2) is 24.3 Å². The summed E-state index contributed by atoms with van der Waals surface area (Å²) in [7, 11) is 0. The second-order valence-electron chi connectivity index (χ2n) is 5.38. The minimum atomic E-state index is 0.598. The zero-order chi connectivity index (χ0) is 12.8. The van der Waals surface area contributed by atoms with Gasteiger partial charge in [-0.2, -0.15) is 5.26 Å². The third kappa shape index (κ3) is 3.58. The van der Waals surface area contributed by atoms with E-state index in [9.17, 15) is 0 Å². The Bertz CT molecular complexity index is 396. The summed E-state index contributed by atoms with van der Waals surface area (Å²) in [4.78, 5) is 0. The van der Waals surface area contributed by atoms with Gasteiger partial charge in [-0.3, -0.25) is 0 Å². The predicted octanol–water partition coefficient (Wildman–Crippen LogP) is 3.62. The van der Waals surface area contributed by atoms with Crippen LogP contribution in [0.4, 0.5) is 0 Å². The van der Waals surface area contributed by atoms with Crippen molar-refractivity contribution in [1.29, 1.82) is 5.26 Å². The zero-order valence-corrected chi connectivity index (χ0v) is 11.2. The average Bonchev–Trinajstić information content (AvgIpc) is 2.46. The van der Waals surface area contributed by atoms with Crippen LogP contribution in [0, 0.1) is 17.2 Å². The summed E-state index contributed by atoms with van der Waals surface area (Å²) in [5.74, 6) is 0.845. The maximum Gasteiger partial charge on any atom is 0.0991 e. The molecule has 0 heterocycles. The molecule has 1 fully saturated rings. The zero-order valence-electron chi connectivity index (χ0n) is 11.2. The number of nitrogens with one attached hydrogen (secondary N) is 1. The number of nitrogens with zero attached hydrogens (tertiary/aromatic N) is 1. The van der Waals surface area contributed by atoms with E-state index in [4.69, 9.17) is 5.26 Å². The molecule has 0 aromatic heterocycles. The van der Waals surface area contributed by atoms with Crippen molar-refractivity contribution in [3.63, 3.8) is 0 Å². The van der Waals surface area contributed by atoms with Gasteiger partial charge in [-0.15, -0.1) is 0 Å². The van der Waals surface area contributed by atoms with Crippen LogP contribution in [0.1, 0.15) is 50.2 Å². The minimum absolute atomic E-state index is 0.598. The Morgan fingerprint density at radius 1 is 1.22 bits per heavy atom. The van der Waals surface area contributed by atoms with E-state index in [2.05, 4.69) is 18.3 Å². The van der Waals surface area contributed by atoms with Crippen molar-refractivity contribution in [2.45, 2.75) is 51.6 Å². The molecule has 2 heteroatoms. The summed E-state index contributed by atoms with van der Waals surface area (Å²) < 4.78 is 0. The lowest BCUT2D eigenvalue weighted by atomic mass is 9.84. The molecule has 2 nitrogen and oxygen atoms in total. The van der Waals surface area contributed by atoms with Gasteiger partial charge in [-0.1, -0.05) is 31.4 Å². The van der Waals surface area contributed by atoms with E-state index < -0.39 is 0 Å². The van der Waals surface area contributed by atoms with Gasteiger partial charge in [0, 0.05) is 12.6 Å². The van der Waals surface area contributed by atoms with Crippen molar-refractivity contribution in [2.75, 3.05) is 0 Å². The Morgan fingerprint density at radius 3 is 2.50 bits per heavy atom. The molecule has 1 atom stereocenters. The van der Waals surface area contributed by atoms with Crippen LogP contribution in [0.3, 0.4) is 0 Å². The first-order chi connectivity index (χ1) is 8.79. The highest BCUT2D eigenvalue weighted by molar-refractivity contribution is 5.31. The van der Waals surface area contributed by atoms with Crippen molar-refractivity contribution < 1.29 is 0 Å². The highest BCUT2D eigenvalue weighted by atomic mass is 14.9. The van der Waals surface area contributed by atoms with Crippen LogP contribution < -0.4 is 5.32 Å². The van der Waals surface area contributed by atoms with Gasteiger partial charge in [0.15, 0.2) is 0 Å². The van der Waals surface area contributed by atoms with Crippen LogP contribution >= 0.6 is 0 Å². The first kappa shape index (κ1) is 13.1. The molecule has 1 aromatic carbocycles. The van der Waals surface area contributed by atoms with Crippen molar-refractivity contribution in [3.05, 3.63) is 35.4 Å². The molecule has 0 spiro atoms. The summed E-state index contributed by atoms with van der Waals surface area (Å²) >= 11 is 0. The molecule has 0 saturated heterocycles. The summed E-state index contributed by atoms with van der Waals surface area (Å²) in [6.07, 6.45) is 6.96. The molecule has 1 aromatic rings. The molecule has 0 unspecified atom stereocenters. The lowest BCUT2D eigenvalue weighted by Crippen LogP contribution is -2.34. The molecule has 0 radical (unpaired) electrons. The van der Waals surface area contributed by atoms with Gasteiger partial charge < -0.3 is 5.32 Å². The van der Waals surface area contributed by atoms with Gasteiger partial charge in [0.1, 0.15) is 0 Å². The van der Waals surface area contributed by atoms with Crippen molar-refractivity contribution in [3.8, 4) is 6.07 Å². The van der Waals surface area contributed by atoms with Gasteiger partial charge in [0.25, 0.3) is 0 Å². The predicted molar refractivity (Wildman–Crippen MR) is 74.0 cm³/mol. The van der Waals surface area contributed by atoms with E-state index in [-0.39, 0.29) is 0 Å². The second-order valence-corrected chi connectivity index (χ2v) is 5.38. The molecule has 2 rings (SSSR count). The maximum absolute atomic E-state index is 8.75. The molecule has 18 heavy (non-hydrogen) atoms. The molecule has 96 valence electrons. The third-order valence-electron chi connectivity index (χ3n) is 4.07. The van der Waals surface area contributed by atoms with Gasteiger partial charge in [0.2, 0.25) is 0 Å². The molecule has 1 aliphatic rings. The van der Waals surface area contributed by atoms with Gasteiger partial charge in [-0.05, 0) is 43.4 Å². The Balaban J connectivity index is 1.81. The Hall–Kier alpha value is -1.33. The third-order valence-corrected chi connectivity index (χ3v) is 4.07. The van der Waals surface area contributed by atoms with Gasteiger partial charge in [0.05, 0.1) is 11.6 Å². The summed E-state index contributed by atoms with van der Waals surface area (Å²) in [6.45, 7) is 3.21. The van der Waals surface area contributed by atoms with E-state index >= 15 is 0 Å². The SMILES string of the molecule is C[C@@H](NCc1ccc(C#N)cc1)C1CCCCC1. The average molecular weight is 242 g/mol. The van der Waals surface area contributed by atoms with Crippen molar-refractivity contribution >= 4 is 0 Å². The molecule has 0 amide bonds. The first-order valence-electron chi connectivity index (χ1n) is 7.02.